The lowest BCUT2D eigenvalue weighted by Gasteiger charge is -2.27. The first-order chi connectivity index (χ1) is 12.4. The van der Waals surface area contributed by atoms with Gasteiger partial charge < -0.3 is 9.80 Å². The van der Waals surface area contributed by atoms with Crippen LogP contribution in [0.25, 0.3) is 11.1 Å². The third-order valence-corrected chi connectivity index (χ3v) is 3.98. The van der Waals surface area contributed by atoms with Crippen molar-refractivity contribution in [3.8, 4) is 11.1 Å². The Morgan fingerprint density at radius 2 is 1.42 bits per heavy atom. The maximum absolute atomic E-state index is 12.7. The lowest BCUT2D eigenvalue weighted by atomic mass is 10.0. The molecule has 1 unspecified atom stereocenters. The van der Waals surface area contributed by atoms with E-state index in [-0.39, 0.29) is 0 Å². The molecular formula is C19H21N3O4. The van der Waals surface area contributed by atoms with Gasteiger partial charge in [-0.1, -0.05) is 42.5 Å². The number of hydroxylamine groups is 1. The molecule has 0 aromatic heterocycles. The maximum atomic E-state index is 12.7. The SMILES string of the molecule is CN(C)C(=O)C(C(=O)NO)N(C)C(=O)c1ccc(-c2ccccc2)cc1. The molecule has 0 aliphatic heterocycles. The predicted molar refractivity (Wildman–Crippen MR) is 96.4 cm³/mol. The molecule has 0 aliphatic carbocycles. The fourth-order valence-electron chi connectivity index (χ4n) is 2.52. The minimum Gasteiger partial charge on any atom is -0.347 e. The molecule has 2 N–H and O–H groups in total. The van der Waals surface area contributed by atoms with Gasteiger partial charge in [0.1, 0.15) is 0 Å². The van der Waals surface area contributed by atoms with Crippen LogP contribution in [0.2, 0.25) is 0 Å². The van der Waals surface area contributed by atoms with Crippen LogP contribution >= 0.6 is 0 Å². The Morgan fingerprint density at radius 1 is 0.885 bits per heavy atom. The molecule has 2 rings (SSSR count). The Morgan fingerprint density at radius 3 is 1.92 bits per heavy atom. The number of benzene rings is 2. The third kappa shape index (κ3) is 4.07. The average molecular weight is 355 g/mol. The van der Waals surface area contributed by atoms with E-state index >= 15 is 0 Å². The molecule has 0 saturated heterocycles. The van der Waals surface area contributed by atoms with Gasteiger partial charge in [0.05, 0.1) is 0 Å². The third-order valence-electron chi connectivity index (χ3n) is 3.98. The number of hydrogen-bond acceptors (Lipinski definition) is 4. The fourth-order valence-corrected chi connectivity index (χ4v) is 2.52. The minimum atomic E-state index is -1.46. The van der Waals surface area contributed by atoms with Crippen molar-refractivity contribution in [2.45, 2.75) is 6.04 Å². The van der Waals surface area contributed by atoms with Crippen LogP contribution in [0.1, 0.15) is 10.4 Å². The number of nitrogens with one attached hydrogen (secondary N) is 1. The molecule has 2 aromatic rings. The van der Waals surface area contributed by atoms with E-state index in [0.717, 1.165) is 16.0 Å². The van der Waals surface area contributed by atoms with Crippen LogP contribution in [0.15, 0.2) is 54.6 Å². The zero-order valence-electron chi connectivity index (χ0n) is 14.8. The lowest BCUT2D eigenvalue weighted by Crippen LogP contribution is -2.55. The van der Waals surface area contributed by atoms with Gasteiger partial charge >= 0.3 is 0 Å². The highest BCUT2D eigenvalue weighted by Crippen LogP contribution is 2.20. The molecule has 0 saturated carbocycles. The minimum absolute atomic E-state index is 0.328. The van der Waals surface area contributed by atoms with Crippen LogP contribution in [0, 0.1) is 0 Å². The van der Waals surface area contributed by atoms with Crippen molar-refractivity contribution in [3.05, 3.63) is 60.2 Å². The molecule has 26 heavy (non-hydrogen) atoms. The summed E-state index contributed by atoms with van der Waals surface area (Å²) in [5.74, 6) is -2.10. The number of carbonyl (C=O) groups excluding carboxylic acids is 3. The number of carbonyl (C=O) groups is 3. The zero-order chi connectivity index (χ0) is 19.3. The van der Waals surface area contributed by atoms with E-state index in [4.69, 9.17) is 5.21 Å². The van der Waals surface area contributed by atoms with Crippen LogP contribution in [-0.4, -0.2) is 59.9 Å². The van der Waals surface area contributed by atoms with Crippen LogP contribution < -0.4 is 5.48 Å². The number of amides is 3. The number of likely N-dealkylation sites (N-methyl/N-ethyl adjacent to an activating group) is 2. The van der Waals surface area contributed by atoms with Crippen molar-refractivity contribution in [2.24, 2.45) is 0 Å². The molecule has 2 aromatic carbocycles. The van der Waals surface area contributed by atoms with E-state index in [0.29, 0.717) is 5.56 Å². The van der Waals surface area contributed by atoms with Crippen LogP contribution in [0.5, 0.6) is 0 Å². The van der Waals surface area contributed by atoms with Crippen molar-refractivity contribution in [1.29, 1.82) is 0 Å². The highest BCUT2D eigenvalue weighted by atomic mass is 16.5. The van der Waals surface area contributed by atoms with Gasteiger partial charge in [-0.15, -0.1) is 0 Å². The van der Waals surface area contributed by atoms with E-state index in [1.165, 1.54) is 31.5 Å². The average Bonchev–Trinajstić information content (AvgIpc) is 2.67. The first kappa shape index (κ1) is 19.1. The van der Waals surface area contributed by atoms with E-state index < -0.39 is 23.8 Å². The zero-order valence-corrected chi connectivity index (χ0v) is 14.8. The predicted octanol–water partition coefficient (Wildman–Crippen LogP) is 1.39. The van der Waals surface area contributed by atoms with Crippen LogP contribution in [0.3, 0.4) is 0 Å². The Labute approximate surface area is 151 Å². The summed E-state index contributed by atoms with van der Waals surface area (Å²) >= 11 is 0. The molecule has 0 heterocycles. The first-order valence-corrected chi connectivity index (χ1v) is 7.94. The molecule has 136 valence electrons. The van der Waals surface area contributed by atoms with Gasteiger partial charge in [-0.25, -0.2) is 5.48 Å². The first-order valence-electron chi connectivity index (χ1n) is 7.94. The maximum Gasteiger partial charge on any atom is 0.275 e. The normalized spacial score (nSPS) is 11.4. The Balaban J connectivity index is 2.25. The van der Waals surface area contributed by atoms with Gasteiger partial charge in [-0.3, -0.25) is 19.6 Å². The Hall–Kier alpha value is -3.19. The highest BCUT2D eigenvalue weighted by molar-refractivity contribution is 6.08. The summed E-state index contributed by atoms with van der Waals surface area (Å²) in [7, 11) is 4.27. The van der Waals surface area contributed by atoms with Crippen LogP contribution in [0.4, 0.5) is 0 Å². The summed E-state index contributed by atoms with van der Waals surface area (Å²) in [5, 5.41) is 8.89. The molecule has 1 atom stereocenters. The lowest BCUT2D eigenvalue weighted by molar-refractivity contribution is -0.144. The van der Waals surface area contributed by atoms with Gasteiger partial charge in [0, 0.05) is 26.7 Å². The second-order valence-corrected chi connectivity index (χ2v) is 5.97. The summed E-state index contributed by atoms with van der Waals surface area (Å²) < 4.78 is 0. The Kier molecular flexibility index (Phi) is 6.08. The summed E-state index contributed by atoms with van der Waals surface area (Å²) in [5.41, 5.74) is 3.72. The Bertz CT molecular complexity index is 788. The summed E-state index contributed by atoms with van der Waals surface area (Å²) in [6, 6.07) is 15.1. The van der Waals surface area contributed by atoms with E-state index in [1.807, 2.05) is 30.3 Å². The van der Waals surface area contributed by atoms with Crippen molar-refractivity contribution >= 4 is 17.7 Å². The van der Waals surface area contributed by atoms with E-state index in [9.17, 15) is 14.4 Å². The quantitative estimate of drug-likeness (QED) is 0.482. The van der Waals surface area contributed by atoms with Crippen molar-refractivity contribution < 1.29 is 19.6 Å². The summed E-state index contributed by atoms with van der Waals surface area (Å²) in [6.45, 7) is 0. The second kappa shape index (κ2) is 8.26. The van der Waals surface area contributed by atoms with Gasteiger partial charge in [0.25, 0.3) is 17.7 Å². The number of hydrogen-bond donors (Lipinski definition) is 2. The van der Waals surface area contributed by atoms with Crippen molar-refractivity contribution in [1.82, 2.24) is 15.3 Å². The molecule has 0 aliphatic rings. The summed E-state index contributed by atoms with van der Waals surface area (Å²) in [6.07, 6.45) is 0. The van der Waals surface area contributed by atoms with Crippen LogP contribution in [-0.2, 0) is 9.59 Å². The second-order valence-electron chi connectivity index (χ2n) is 5.97. The summed E-state index contributed by atoms with van der Waals surface area (Å²) in [4.78, 5) is 39.0. The largest absolute Gasteiger partial charge is 0.347 e. The van der Waals surface area contributed by atoms with E-state index in [2.05, 4.69) is 0 Å². The number of nitrogens with zero attached hydrogens (tertiary/aromatic N) is 2. The standard InChI is InChI=1S/C19H21N3O4/c1-21(2)19(25)16(17(23)20-26)22(3)18(24)15-11-9-14(10-12-15)13-7-5-4-6-8-13/h4-12,16,26H,1-3H3,(H,20,23). The van der Waals surface area contributed by atoms with Gasteiger partial charge in [0.2, 0.25) is 0 Å². The highest BCUT2D eigenvalue weighted by Gasteiger charge is 2.35. The van der Waals surface area contributed by atoms with Crippen molar-refractivity contribution in [2.75, 3.05) is 21.1 Å². The molecule has 0 fully saturated rings. The van der Waals surface area contributed by atoms with Crippen molar-refractivity contribution in [3.63, 3.8) is 0 Å². The molecule has 0 bridgehead atoms. The number of rotatable bonds is 5. The van der Waals surface area contributed by atoms with Gasteiger partial charge in [-0.2, -0.15) is 0 Å². The molecule has 3 amide bonds. The molecule has 7 heteroatoms. The van der Waals surface area contributed by atoms with Gasteiger partial charge in [-0.05, 0) is 23.3 Å². The monoisotopic (exact) mass is 355 g/mol. The fraction of sp³-hybridized carbons (Fsp3) is 0.211. The molecule has 7 nitrogen and oxygen atoms in total. The topological polar surface area (TPSA) is 89.9 Å². The molecule has 0 radical (unpaired) electrons. The van der Waals surface area contributed by atoms with Gasteiger partial charge in [0.15, 0.2) is 6.04 Å². The molecular weight excluding hydrogens is 334 g/mol. The molecule has 0 spiro atoms. The van der Waals surface area contributed by atoms with E-state index in [1.54, 1.807) is 24.3 Å². The smallest absolute Gasteiger partial charge is 0.275 e.